The van der Waals surface area contributed by atoms with E-state index in [9.17, 15) is 0 Å². The first-order valence-electron chi connectivity index (χ1n) is 7.56. The van der Waals surface area contributed by atoms with Gasteiger partial charge >= 0.3 is 0 Å². The van der Waals surface area contributed by atoms with E-state index in [4.69, 9.17) is 4.74 Å². The van der Waals surface area contributed by atoms with Crippen molar-refractivity contribution in [2.75, 3.05) is 7.11 Å². The minimum absolute atomic E-state index is 0.379. The van der Waals surface area contributed by atoms with Crippen molar-refractivity contribution < 1.29 is 4.74 Å². The fourth-order valence-electron chi connectivity index (χ4n) is 3.02. The zero-order valence-corrected chi connectivity index (χ0v) is 12.6. The van der Waals surface area contributed by atoms with Gasteiger partial charge in [-0.1, -0.05) is 12.1 Å². The first-order chi connectivity index (χ1) is 10.3. The standard InChI is InChI=1S/C18H22N2O/c1-13(14-6-8-19-9-7-14)20-17-10-16(11-17)15-4-3-5-18(12-15)21-2/h3-9,12-13,16-17,20H,10-11H2,1-2H3. The lowest BCUT2D eigenvalue weighted by Gasteiger charge is -2.38. The largest absolute Gasteiger partial charge is 0.497 e. The molecule has 0 amide bonds. The zero-order chi connectivity index (χ0) is 14.7. The number of pyridine rings is 1. The fraction of sp³-hybridized carbons (Fsp3) is 0.389. The molecular weight excluding hydrogens is 260 g/mol. The van der Waals surface area contributed by atoms with Crippen LogP contribution in [0.25, 0.3) is 0 Å². The van der Waals surface area contributed by atoms with Crippen molar-refractivity contribution in [3.05, 3.63) is 59.9 Å². The highest BCUT2D eigenvalue weighted by Crippen LogP contribution is 2.38. The molecule has 3 heteroatoms. The molecule has 110 valence electrons. The van der Waals surface area contributed by atoms with Gasteiger partial charge < -0.3 is 10.1 Å². The van der Waals surface area contributed by atoms with Gasteiger partial charge in [-0.3, -0.25) is 4.98 Å². The third-order valence-corrected chi connectivity index (χ3v) is 4.40. The second kappa shape index (κ2) is 6.27. The normalized spacial score (nSPS) is 22.4. The molecule has 0 bridgehead atoms. The predicted molar refractivity (Wildman–Crippen MR) is 84.5 cm³/mol. The van der Waals surface area contributed by atoms with E-state index in [1.807, 2.05) is 18.5 Å². The van der Waals surface area contributed by atoms with E-state index in [2.05, 4.69) is 47.6 Å². The Labute approximate surface area is 126 Å². The lowest BCUT2D eigenvalue weighted by molar-refractivity contribution is 0.270. The summed E-state index contributed by atoms with van der Waals surface area (Å²) in [5.74, 6) is 1.61. The number of rotatable bonds is 5. The summed E-state index contributed by atoms with van der Waals surface area (Å²) in [6.07, 6.45) is 6.10. The number of nitrogens with one attached hydrogen (secondary N) is 1. The van der Waals surface area contributed by atoms with Gasteiger partial charge in [0.1, 0.15) is 5.75 Å². The second-order valence-electron chi connectivity index (χ2n) is 5.81. The van der Waals surface area contributed by atoms with Gasteiger partial charge in [-0.2, -0.15) is 0 Å². The molecule has 0 spiro atoms. The summed E-state index contributed by atoms with van der Waals surface area (Å²) >= 11 is 0. The summed E-state index contributed by atoms with van der Waals surface area (Å²) < 4.78 is 5.30. The van der Waals surface area contributed by atoms with Gasteiger partial charge in [0.05, 0.1) is 7.11 Å². The molecule has 1 saturated carbocycles. The fourth-order valence-corrected chi connectivity index (χ4v) is 3.02. The Morgan fingerprint density at radius 2 is 1.95 bits per heavy atom. The number of nitrogens with zero attached hydrogens (tertiary/aromatic N) is 1. The van der Waals surface area contributed by atoms with Gasteiger partial charge in [0.25, 0.3) is 0 Å². The van der Waals surface area contributed by atoms with Crippen molar-refractivity contribution >= 4 is 0 Å². The van der Waals surface area contributed by atoms with Crippen molar-refractivity contribution in [2.45, 2.75) is 37.8 Å². The Balaban J connectivity index is 1.54. The van der Waals surface area contributed by atoms with E-state index < -0.39 is 0 Å². The monoisotopic (exact) mass is 282 g/mol. The summed E-state index contributed by atoms with van der Waals surface area (Å²) in [5, 5.41) is 3.70. The molecule has 0 saturated heterocycles. The maximum Gasteiger partial charge on any atom is 0.119 e. The van der Waals surface area contributed by atoms with E-state index >= 15 is 0 Å². The minimum Gasteiger partial charge on any atom is -0.497 e. The highest BCUT2D eigenvalue weighted by Gasteiger charge is 2.31. The molecule has 1 aromatic carbocycles. The van der Waals surface area contributed by atoms with Crippen molar-refractivity contribution in [3.63, 3.8) is 0 Å². The quantitative estimate of drug-likeness (QED) is 0.908. The van der Waals surface area contributed by atoms with Gasteiger partial charge in [0, 0.05) is 24.5 Å². The van der Waals surface area contributed by atoms with Gasteiger partial charge in [-0.25, -0.2) is 0 Å². The van der Waals surface area contributed by atoms with Crippen LogP contribution in [0.5, 0.6) is 5.75 Å². The molecule has 1 atom stereocenters. The van der Waals surface area contributed by atoms with Crippen molar-refractivity contribution in [2.24, 2.45) is 0 Å². The van der Waals surface area contributed by atoms with Crippen molar-refractivity contribution in [1.82, 2.24) is 10.3 Å². The average molecular weight is 282 g/mol. The number of benzene rings is 1. The molecule has 1 heterocycles. The van der Waals surface area contributed by atoms with Crippen LogP contribution in [-0.2, 0) is 0 Å². The topological polar surface area (TPSA) is 34.1 Å². The van der Waals surface area contributed by atoms with E-state index in [1.54, 1.807) is 7.11 Å². The van der Waals surface area contributed by atoms with Crippen LogP contribution >= 0.6 is 0 Å². The number of aromatic nitrogens is 1. The Hall–Kier alpha value is -1.87. The zero-order valence-electron chi connectivity index (χ0n) is 12.6. The highest BCUT2D eigenvalue weighted by atomic mass is 16.5. The minimum atomic E-state index is 0.379. The SMILES string of the molecule is COc1cccc(C2CC(NC(C)c3ccncc3)C2)c1. The first kappa shape index (κ1) is 14.1. The molecule has 1 N–H and O–H groups in total. The van der Waals surface area contributed by atoms with E-state index in [-0.39, 0.29) is 0 Å². The first-order valence-corrected chi connectivity index (χ1v) is 7.56. The molecule has 1 aliphatic rings. The number of hydrogen-bond donors (Lipinski definition) is 1. The Morgan fingerprint density at radius 3 is 2.67 bits per heavy atom. The number of hydrogen-bond acceptors (Lipinski definition) is 3. The molecule has 3 nitrogen and oxygen atoms in total. The third kappa shape index (κ3) is 3.24. The molecule has 0 aliphatic heterocycles. The molecule has 3 rings (SSSR count). The average Bonchev–Trinajstić information content (AvgIpc) is 2.51. The lowest BCUT2D eigenvalue weighted by Crippen LogP contribution is -2.41. The van der Waals surface area contributed by atoms with Crippen LogP contribution in [0.3, 0.4) is 0 Å². The molecule has 1 fully saturated rings. The van der Waals surface area contributed by atoms with Crippen molar-refractivity contribution in [1.29, 1.82) is 0 Å². The van der Waals surface area contributed by atoms with Crippen LogP contribution in [0.4, 0.5) is 0 Å². The van der Waals surface area contributed by atoms with Crippen LogP contribution in [-0.4, -0.2) is 18.1 Å². The molecule has 1 aliphatic carbocycles. The number of methoxy groups -OCH3 is 1. The number of ether oxygens (including phenoxy) is 1. The highest BCUT2D eigenvalue weighted by molar-refractivity contribution is 5.32. The van der Waals surface area contributed by atoms with Gasteiger partial charge in [-0.05, 0) is 61.1 Å². The summed E-state index contributed by atoms with van der Waals surface area (Å²) in [5.41, 5.74) is 2.69. The Morgan fingerprint density at radius 1 is 1.19 bits per heavy atom. The predicted octanol–water partition coefficient (Wildman–Crippen LogP) is 3.69. The van der Waals surface area contributed by atoms with Crippen LogP contribution in [0, 0.1) is 0 Å². The van der Waals surface area contributed by atoms with Crippen LogP contribution in [0.1, 0.15) is 42.9 Å². The lowest BCUT2D eigenvalue weighted by atomic mass is 9.75. The van der Waals surface area contributed by atoms with E-state index in [0.29, 0.717) is 18.0 Å². The second-order valence-corrected chi connectivity index (χ2v) is 5.81. The summed E-state index contributed by atoms with van der Waals surface area (Å²) in [6, 6.07) is 13.6. The molecule has 0 radical (unpaired) electrons. The maximum atomic E-state index is 5.30. The van der Waals surface area contributed by atoms with E-state index in [0.717, 1.165) is 5.75 Å². The van der Waals surface area contributed by atoms with Gasteiger partial charge in [-0.15, -0.1) is 0 Å². The van der Waals surface area contributed by atoms with Crippen LogP contribution < -0.4 is 10.1 Å². The van der Waals surface area contributed by atoms with Gasteiger partial charge in [0.2, 0.25) is 0 Å². The smallest absolute Gasteiger partial charge is 0.119 e. The molecule has 1 aromatic heterocycles. The van der Waals surface area contributed by atoms with Crippen LogP contribution in [0.2, 0.25) is 0 Å². The Kier molecular flexibility index (Phi) is 4.20. The summed E-state index contributed by atoms with van der Waals surface area (Å²) in [7, 11) is 1.72. The molecule has 2 aromatic rings. The summed E-state index contributed by atoms with van der Waals surface area (Å²) in [4.78, 5) is 4.07. The third-order valence-electron chi connectivity index (χ3n) is 4.40. The van der Waals surface area contributed by atoms with Crippen LogP contribution in [0.15, 0.2) is 48.8 Å². The van der Waals surface area contributed by atoms with Crippen molar-refractivity contribution in [3.8, 4) is 5.75 Å². The Bertz CT molecular complexity index is 579. The summed E-state index contributed by atoms with van der Waals surface area (Å²) in [6.45, 7) is 2.22. The maximum absolute atomic E-state index is 5.30. The molecule has 21 heavy (non-hydrogen) atoms. The molecular formula is C18H22N2O. The molecule has 1 unspecified atom stereocenters. The van der Waals surface area contributed by atoms with E-state index in [1.165, 1.54) is 24.0 Å². The van der Waals surface area contributed by atoms with Gasteiger partial charge in [0.15, 0.2) is 0 Å².